The predicted octanol–water partition coefficient (Wildman–Crippen LogP) is 2.77. The summed E-state index contributed by atoms with van der Waals surface area (Å²) in [7, 11) is 0. The molecule has 1 aliphatic heterocycles. The summed E-state index contributed by atoms with van der Waals surface area (Å²) in [6.45, 7) is 7.34. The number of carbonyl (C=O) groups is 1. The third-order valence-corrected chi connectivity index (χ3v) is 4.48. The van der Waals surface area contributed by atoms with Crippen molar-refractivity contribution in [1.29, 1.82) is 0 Å². The first kappa shape index (κ1) is 24.3. The minimum atomic E-state index is -0.491. The molecule has 1 saturated heterocycles. The zero-order valence-corrected chi connectivity index (χ0v) is 17.0. The van der Waals surface area contributed by atoms with Gasteiger partial charge in [0, 0.05) is 44.1 Å². The quantitative estimate of drug-likeness (QED) is 0.782. The van der Waals surface area contributed by atoms with Crippen molar-refractivity contribution in [3.05, 3.63) is 24.3 Å². The summed E-state index contributed by atoms with van der Waals surface area (Å²) < 4.78 is 0. The zero-order chi connectivity index (χ0) is 15.5. The highest BCUT2D eigenvalue weighted by molar-refractivity contribution is 5.94. The summed E-state index contributed by atoms with van der Waals surface area (Å²) in [5, 5.41) is 2.86. The first-order valence-electron chi connectivity index (χ1n) is 8.25. The number of nitrogens with two attached hydrogens (primary N) is 1. The first-order valence-corrected chi connectivity index (χ1v) is 8.25. The molecule has 0 aromatic heterocycles. The molecule has 0 unspecified atom stereocenters. The highest BCUT2D eigenvalue weighted by Gasteiger charge is 2.26. The van der Waals surface area contributed by atoms with Gasteiger partial charge < -0.3 is 16.0 Å². The highest BCUT2D eigenvalue weighted by atomic mass is 35.5. The van der Waals surface area contributed by atoms with Gasteiger partial charge in [0.1, 0.15) is 0 Å². The Bertz CT molecular complexity index is 532. The van der Waals surface area contributed by atoms with E-state index in [2.05, 4.69) is 21.2 Å². The van der Waals surface area contributed by atoms with Gasteiger partial charge in [-0.2, -0.15) is 0 Å². The van der Waals surface area contributed by atoms with E-state index in [0.29, 0.717) is 0 Å². The van der Waals surface area contributed by atoms with Crippen LogP contribution < -0.4 is 16.0 Å². The maximum atomic E-state index is 11.7. The summed E-state index contributed by atoms with van der Waals surface area (Å²) in [4.78, 5) is 16.7. The number of hydrogen-bond donors (Lipinski definition) is 2. The monoisotopic (exact) mass is 410 g/mol. The van der Waals surface area contributed by atoms with Gasteiger partial charge in [0.2, 0.25) is 5.91 Å². The molecule has 0 radical (unpaired) electrons. The summed E-state index contributed by atoms with van der Waals surface area (Å²) in [5.41, 5.74) is 7.59. The van der Waals surface area contributed by atoms with Crippen molar-refractivity contribution in [3.8, 4) is 0 Å². The Morgan fingerprint density at radius 1 is 1.20 bits per heavy atom. The van der Waals surface area contributed by atoms with Gasteiger partial charge in [-0.25, -0.2) is 0 Å². The van der Waals surface area contributed by atoms with Crippen molar-refractivity contribution in [3.63, 3.8) is 0 Å². The van der Waals surface area contributed by atoms with E-state index >= 15 is 0 Å². The molecule has 0 bridgehead atoms. The average molecular weight is 412 g/mol. The normalized spacial score (nSPS) is 18.2. The molecular weight excluding hydrogens is 383 g/mol. The van der Waals surface area contributed by atoms with E-state index in [9.17, 15) is 4.79 Å². The summed E-state index contributed by atoms with van der Waals surface area (Å²) in [6, 6.07) is 7.56. The lowest BCUT2D eigenvalue weighted by Crippen LogP contribution is -2.47. The van der Waals surface area contributed by atoms with Gasteiger partial charge in [0.05, 0.1) is 6.04 Å². The molecule has 1 heterocycles. The largest absolute Gasteiger partial charge is 0.369 e. The van der Waals surface area contributed by atoms with Crippen LogP contribution in [0.4, 0.5) is 11.4 Å². The maximum absolute atomic E-state index is 11.7. The summed E-state index contributed by atoms with van der Waals surface area (Å²) in [5.74, 6) is 0.815. The van der Waals surface area contributed by atoms with Crippen LogP contribution in [-0.2, 0) is 4.79 Å². The Labute approximate surface area is 168 Å². The van der Waals surface area contributed by atoms with Gasteiger partial charge in [-0.3, -0.25) is 9.69 Å². The fourth-order valence-corrected chi connectivity index (χ4v) is 2.89. The fraction of sp³-hybridized carbons (Fsp3) is 0.588. The number of nitrogens with one attached hydrogen (secondary N) is 1. The molecule has 5 nitrogen and oxygen atoms in total. The molecule has 144 valence electrons. The highest BCUT2D eigenvalue weighted by Crippen LogP contribution is 2.30. The van der Waals surface area contributed by atoms with E-state index in [-0.39, 0.29) is 43.1 Å². The molecule has 3 N–H and O–H groups in total. The number of hydrogen-bond acceptors (Lipinski definition) is 4. The molecule has 1 aliphatic carbocycles. The van der Waals surface area contributed by atoms with E-state index in [1.165, 1.54) is 25.1 Å². The number of anilines is 2. The van der Waals surface area contributed by atoms with Gasteiger partial charge in [0.15, 0.2) is 0 Å². The first-order chi connectivity index (χ1) is 10.6. The number of rotatable bonds is 5. The standard InChI is InChI=1S/C17H26N4O.3ClH/c1-13(18)17(22)19-15-3-2-4-16(11-15)21-9-7-20(8-10-21)12-14-5-6-14;;;/h2-4,11,13-14H,5-10,12,18H2,1H3,(H,19,22);3*1H/t13-;;;/m1.../s1. The third-order valence-electron chi connectivity index (χ3n) is 4.48. The topological polar surface area (TPSA) is 61.6 Å². The Hall–Kier alpha value is -0.720. The molecule has 1 amide bonds. The molecule has 1 saturated carbocycles. The van der Waals surface area contributed by atoms with Crippen LogP contribution in [-0.4, -0.2) is 49.6 Å². The van der Waals surface area contributed by atoms with Crippen LogP contribution >= 0.6 is 37.2 Å². The second kappa shape index (κ2) is 11.1. The second-order valence-electron chi connectivity index (χ2n) is 6.56. The van der Waals surface area contributed by atoms with Crippen molar-refractivity contribution in [2.45, 2.75) is 25.8 Å². The smallest absolute Gasteiger partial charge is 0.240 e. The second-order valence-corrected chi connectivity index (χ2v) is 6.56. The predicted molar refractivity (Wildman–Crippen MR) is 112 cm³/mol. The number of piperazine rings is 1. The minimum Gasteiger partial charge on any atom is -0.369 e. The molecule has 1 aromatic rings. The van der Waals surface area contributed by atoms with Crippen LogP contribution in [0.2, 0.25) is 0 Å². The van der Waals surface area contributed by atoms with Crippen LogP contribution in [0.5, 0.6) is 0 Å². The van der Waals surface area contributed by atoms with Crippen molar-refractivity contribution in [1.82, 2.24) is 4.90 Å². The maximum Gasteiger partial charge on any atom is 0.240 e. The number of benzene rings is 1. The molecule has 2 fully saturated rings. The van der Waals surface area contributed by atoms with Gasteiger partial charge >= 0.3 is 0 Å². The van der Waals surface area contributed by atoms with E-state index in [1.807, 2.05) is 18.2 Å². The Kier molecular flexibility index (Phi) is 10.8. The lowest BCUT2D eigenvalue weighted by atomic mass is 10.2. The molecule has 3 rings (SSSR count). The summed E-state index contributed by atoms with van der Waals surface area (Å²) in [6.07, 6.45) is 2.84. The van der Waals surface area contributed by atoms with E-state index in [1.54, 1.807) is 6.92 Å². The van der Waals surface area contributed by atoms with E-state index < -0.39 is 6.04 Å². The SMILES string of the molecule is C[C@@H](N)C(=O)Nc1cccc(N2CCN(CC3CC3)CC2)c1.Cl.Cl.Cl. The molecule has 1 atom stereocenters. The van der Waals surface area contributed by atoms with Gasteiger partial charge in [-0.15, -0.1) is 37.2 Å². The van der Waals surface area contributed by atoms with Crippen molar-refractivity contribution in [2.75, 3.05) is 42.9 Å². The van der Waals surface area contributed by atoms with Crippen molar-refractivity contribution in [2.24, 2.45) is 11.7 Å². The van der Waals surface area contributed by atoms with E-state index in [0.717, 1.165) is 37.8 Å². The summed E-state index contributed by atoms with van der Waals surface area (Å²) >= 11 is 0. The Morgan fingerprint density at radius 2 is 1.84 bits per heavy atom. The number of carbonyl (C=O) groups excluding carboxylic acids is 1. The van der Waals surface area contributed by atoms with Gasteiger partial charge in [-0.05, 0) is 43.9 Å². The van der Waals surface area contributed by atoms with Crippen LogP contribution in [0.15, 0.2) is 24.3 Å². The molecule has 25 heavy (non-hydrogen) atoms. The van der Waals surface area contributed by atoms with Crippen LogP contribution in [0.3, 0.4) is 0 Å². The van der Waals surface area contributed by atoms with Crippen molar-refractivity contribution >= 4 is 54.5 Å². The van der Waals surface area contributed by atoms with Crippen LogP contribution in [0.1, 0.15) is 19.8 Å². The number of nitrogens with zero attached hydrogens (tertiary/aromatic N) is 2. The molecular formula is C17H29Cl3N4O. The fourth-order valence-electron chi connectivity index (χ4n) is 2.89. The van der Waals surface area contributed by atoms with Crippen LogP contribution in [0, 0.1) is 5.92 Å². The van der Waals surface area contributed by atoms with Gasteiger partial charge in [-0.1, -0.05) is 6.07 Å². The zero-order valence-electron chi connectivity index (χ0n) is 14.5. The molecule has 8 heteroatoms. The lowest BCUT2D eigenvalue weighted by Gasteiger charge is -2.36. The van der Waals surface area contributed by atoms with Crippen molar-refractivity contribution < 1.29 is 4.79 Å². The average Bonchev–Trinajstić information content (AvgIpc) is 3.32. The molecule has 1 aromatic carbocycles. The third kappa shape index (κ3) is 7.19. The molecule has 2 aliphatic rings. The van der Waals surface area contributed by atoms with E-state index in [4.69, 9.17) is 5.73 Å². The van der Waals surface area contributed by atoms with Crippen LogP contribution in [0.25, 0.3) is 0 Å². The Balaban J connectivity index is 0.00000192. The number of amides is 1. The Morgan fingerprint density at radius 3 is 2.40 bits per heavy atom. The van der Waals surface area contributed by atoms with Gasteiger partial charge in [0.25, 0.3) is 0 Å². The lowest BCUT2D eigenvalue weighted by molar-refractivity contribution is -0.117. The number of halogens is 3. The molecule has 0 spiro atoms. The minimum absolute atomic E-state index is 0.